The van der Waals surface area contributed by atoms with Crippen LogP contribution in [0.2, 0.25) is 0 Å². The highest BCUT2D eigenvalue weighted by Gasteiger charge is 2.04. The lowest BCUT2D eigenvalue weighted by molar-refractivity contribution is 0.627. The van der Waals surface area contributed by atoms with E-state index in [1.54, 1.807) is 0 Å². The first-order valence-electron chi connectivity index (χ1n) is 6.98. The second-order valence-corrected chi connectivity index (χ2v) is 5.88. The van der Waals surface area contributed by atoms with E-state index in [1.165, 1.54) is 11.1 Å². The molecule has 106 valence electrons. The number of rotatable bonds is 4. The van der Waals surface area contributed by atoms with Crippen molar-refractivity contribution >= 4 is 15.9 Å². The number of hydrogen-bond acceptors (Lipinski definition) is 2. The van der Waals surface area contributed by atoms with Crippen LogP contribution >= 0.6 is 15.9 Å². The summed E-state index contributed by atoms with van der Waals surface area (Å²) >= 11 is 3.46. The first kappa shape index (κ1) is 14.0. The Hall–Kier alpha value is -1.94. The molecule has 0 atom stereocenters. The molecule has 0 amide bonds. The summed E-state index contributed by atoms with van der Waals surface area (Å²) in [6.45, 7) is 2.90. The van der Waals surface area contributed by atoms with Crippen LogP contribution in [0.1, 0.15) is 18.1 Å². The number of halogens is 1. The Balaban J connectivity index is 1.84. The monoisotopic (exact) mass is 341 g/mol. The van der Waals surface area contributed by atoms with Gasteiger partial charge in [0.25, 0.3) is 0 Å². The van der Waals surface area contributed by atoms with E-state index in [0.717, 1.165) is 28.7 Å². The SMILES string of the molecule is CCn1cc(-c2cccc(Cc3ccc(Br)cc3)c2)nn1. The molecule has 0 bridgehead atoms. The molecule has 0 aliphatic heterocycles. The normalized spacial score (nSPS) is 10.8. The van der Waals surface area contributed by atoms with Crippen molar-refractivity contribution in [1.29, 1.82) is 0 Å². The minimum atomic E-state index is 0.839. The molecule has 0 unspecified atom stereocenters. The van der Waals surface area contributed by atoms with Gasteiger partial charge in [0.05, 0.1) is 6.20 Å². The van der Waals surface area contributed by atoms with Gasteiger partial charge in [-0.1, -0.05) is 51.5 Å². The summed E-state index contributed by atoms with van der Waals surface area (Å²) in [7, 11) is 0. The summed E-state index contributed by atoms with van der Waals surface area (Å²) in [5, 5.41) is 8.32. The average molecular weight is 342 g/mol. The number of hydrogen-bond donors (Lipinski definition) is 0. The van der Waals surface area contributed by atoms with Crippen molar-refractivity contribution in [2.45, 2.75) is 19.9 Å². The van der Waals surface area contributed by atoms with Crippen LogP contribution in [0.25, 0.3) is 11.3 Å². The Morgan fingerprint density at radius 3 is 2.57 bits per heavy atom. The van der Waals surface area contributed by atoms with Crippen molar-refractivity contribution in [2.75, 3.05) is 0 Å². The summed E-state index contributed by atoms with van der Waals surface area (Å²) < 4.78 is 2.95. The largest absolute Gasteiger partial charge is 0.252 e. The lowest BCUT2D eigenvalue weighted by Gasteiger charge is -2.04. The summed E-state index contributed by atoms with van der Waals surface area (Å²) in [6.07, 6.45) is 2.90. The third-order valence-corrected chi connectivity index (χ3v) is 3.94. The highest BCUT2D eigenvalue weighted by atomic mass is 79.9. The molecular formula is C17H16BrN3. The lowest BCUT2D eigenvalue weighted by atomic mass is 10.0. The molecule has 21 heavy (non-hydrogen) atoms. The van der Waals surface area contributed by atoms with Gasteiger partial charge in [-0.15, -0.1) is 5.10 Å². The Kier molecular flexibility index (Phi) is 4.15. The third kappa shape index (κ3) is 3.39. The molecule has 4 heteroatoms. The van der Waals surface area contributed by atoms with Gasteiger partial charge in [-0.3, -0.25) is 4.68 Å². The van der Waals surface area contributed by atoms with Gasteiger partial charge in [0, 0.05) is 16.6 Å². The van der Waals surface area contributed by atoms with Crippen LogP contribution in [0.4, 0.5) is 0 Å². The fourth-order valence-corrected chi connectivity index (χ4v) is 2.53. The molecule has 1 heterocycles. The van der Waals surface area contributed by atoms with Crippen LogP contribution in [-0.4, -0.2) is 15.0 Å². The topological polar surface area (TPSA) is 30.7 Å². The molecule has 0 aliphatic rings. The second kappa shape index (κ2) is 6.22. The van der Waals surface area contributed by atoms with Gasteiger partial charge < -0.3 is 0 Å². The summed E-state index contributed by atoms with van der Waals surface area (Å²) in [5.41, 5.74) is 4.62. The van der Waals surface area contributed by atoms with E-state index in [2.05, 4.69) is 81.7 Å². The third-order valence-electron chi connectivity index (χ3n) is 3.41. The van der Waals surface area contributed by atoms with E-state index >= 15 is 0 Å². The van der Waals surface area contributed by atoms with E-state index in [4.69, 9.17) is 0 Å². The molecule has 0 radical (unpaired) electrons. The molecule has 0 spiro atoms. The van der Waals surface area contributed by atoms with Gasteiger partial charge in [0.15, 0.2) is 0 Å². The van der Waals surface area contributed by atoms with Crippen LogP contribution < -0.4 is 0 Å². The standard InChI is InChI=1S/C17H16BrN3/c1-2-21-12-17(19-20-21)15-5-3-4-14(11-15)10-13-6-8-16(18)9-7-13/h3-9,11-12H,2,10H2,1H3. The van der Waals surface area contributed by atoms with Crippen LogP contribution in [0.5, 0.6) is 0 Å². The molecule has 0 N–H and O–H groups in total. The molecule has 1 aromatic heterocycles. The van der Waals surface area contributed by atoms with Crippen LogP contribution in [0.3, 0.4) is 0 Å². The fourth-order valence-electron chi connectivity index (χ4n) is 2.26. The number of aromatic nitrogens is 3. The highest BCUT2D eigenvalue weighted by Crippen LogP contribution is 2.20. The Morgan fingerprint density at radius 2 is 1.86 bits per heavy atom. The Morgan fingerprint density at radius 1 is 1.05 bits per heavy atom. The molecule has 0 saturated heterocycles. The van der Waals surface area contributed by atoms with Gasteiger partial charge in [0.2, 0.25) is 0 Å². The van der Waals surface area contributed by atoms with E-state index in [1.807, 2.05) is 10.9 Å². The van der Waals surface area contributed by atoms with Gasteiger partial charge >= 0.3 is 0 Å². The quantitative estimate of drug-likeness (QED) is 0.707. The van der Waals surface area contributed by atoms with Gasteiger partial charge in [-0.25, -0.2) is 0 Å². The van der Waals surface area contributed by atoms with Crippen molar-refractivity contribution in [3.8, 4) is 11.3 Å². The smallest absolute Gasteiger partial charge is 0.113 e. The van der Waals surface area contributed by atoms with Crippen molar-refractivity contribution in [3.05, 3.63) is 70.3 Å². The zero-order valence-electron chi connectivity index (χ0n) is 11.8. The van der Waals surface area contributed by atoms with Gasteiger partial charge in [-0.2, -0.15) is 0 Å². The molecule has 3 nitrogen and oxygen atoms in total. The molecule has 0 aliphatic carbocycles. The first-order valence-corrected chi connectivity index (χ1v) is 7.78. The van der Waals surface area contributed by atoms with E-state index < -0.39 is 0 Å². The lowest BCUT2D eigenvalue weighted by Crippen LogP contribution is -1.93. The molecule has 3 aromatic rings. The predicted molar refractivity (Wildman–Crippen MR) is 88.1 cm³/mol. The van der Waals surface area contributed by atoms with E-state index in [9.17, 15) is 0 Å². The fraction of sp³-hybridized carbons (Fsp3) is 0.176. The zero-order chi connectivity index (χ0) is 14.7. The summed E-state index contributed by atoms with van der Waals surface area (Å²) in [6, 6.07) is 16.9. The van der Waals surface area contributed by atoms with Crippen molar-refractivity contribution in [1.82, 2.24) is 15.0 Å². The second-order valence-electron chi connectivity index (χ2n) is 4.96. The van der Waals surface area contributed by atoms with Crippen molar-refractivity contribution in [2.24, 2.45) is 0 Å². The number of aryl methyl sites for hydroxylation is 1. The van der Waals surface area contributed by atoms with Crippen LogP contribution in [0, 0.1) is 0 Å². The minimum absolute atomic E-state index is 0.839. The zero-order valence-corrected chi connectivity index (χ0v) is 13.4. The predicted octanol–water partition coefficient (Wildman–Crippen LogP) is 4.32. The highest BCUT2D eigenvalue weighted by molar-refractivity contribution is 9.10. The van der Waals surface area contributed by atoms with Crippen LogP contribution in [0.15, 0.2) is 59.2 Å². The molecule has 0 fully saturated rings. The molecule has 3 rings (SSSR count). The minimum Gasteiger partial charge on any atom is -0.252 e. The van der Waals surface area contributed by atoms with Crippen molar-refractivity contribution in [3.63, 3.8) is 0 Å². The number of benzene rings is 2. The van der Waals surface area contributed by atoms with Gasteiger partial charge in [-0.05, 0) is 42.7 Å². The first-order chi connectivity index (χ1) is 10.2. The maximum absolute atomic E-state index is 4.22. The van der Waals surface area contributed by atoms with Crippen LogP contribution in [-0.2, 0) is 13.0 Å². The average Bonchev–Trinajstić information content (AvgIpc) is 2.99. The molecule has 2 aromatic carbocycles. The van der Waals surface area contributed by atoms with Crippen molar-refractivity contribution < 1.29 is 0 Å². The maximum atomic E-state index is 4.22. The molecule has 0 saturated carbocycles. The molecular weight excluding hydrogens is 326 g/mol. The summed E-state index contributed by atoms with van der Waals surface area (Å²) in [4.78, 5) is 0. The maximum Gasteiger partial charge on any atom is 0.113 e. The summed E-state index contributed by atoms with van der Waals surface area (Å²) in [5.74, 6) is 0. The van der Waals surface area contributed by atoms with Gasteiger partial charge in [0.1, 0.15) is 5.69 Å². The Labute approximate surface area is 132 Å². The Bertz CT molecular complexity index is 732. The van der Waals surface area contributed by atoms with E-state index in [0.29, 0.717) is 0 Å². The number of nitrogens with zero attached hydrogens (tertiary/aromatic N) is 3. The van der Waals surface area contributed by atoms with E-state index in [-0.39, 0.29) is 0 Å².